The predicted molar refractivity (Wildman–Crippen MR) is 84.3 cm³/mol. The normalized spacial score (nSPS) is 11.5. The fraction of sp³-hybridized carbons (Fsp3) is 0.0556. The summed E-state index contributed by atoms with van der Waals surface area (Å²) in [6.45, 7) is 0. The number of alkyl halides is 3. The van der Waals surface area contributed by atoms with E-state index in [9.17, 15) is 18.0 Å². The molecule has 0 unspecified atom stereocenters. The van der Waals surface area contributed by atoms with Crippen molar-refractivity contribution in [1.29, 1.82) is 0 Å². The first-order valence-corrected chi connectivity index (χ1v) is 8.29. The van der Waals surface area contributed by atoms with Crippen LogP contribution < -0.4 is 4.46 Å². The SMILES string of the molecule is O=C(/C(=C/C#Cc1ccccc1)[Se]c1ccccc1)C(F)(F)F. The van der Waals surface area contributed by atoms with Gasteiger partial charge in [-0.1, -0.05) is 0 Å². The van der Waals surface area contributed by atoms with E-state index in [1.807, 2.05) is 6.07 Å². The number of Topliss-reactive ketones (excluding diaryl/α,β-unsaturated/α-hetero) is 1. The van der Waals surface area contributed by atoms with Gasteiger partial charge in [0.15, 0.2) is 0 Å². The van der Waals surface area contributed by atoms with E-state index in [4.69, 9.17) is 0 Å². The second kappa shape index (κ2) is 7.82. The van der Waals surface area contributed by atoms with E-state index >= 15 is 0 Å². The van der Waals surface area contributed by atoms with Gasteiger partial charge in [-0.2, -0.15) is 0 Å². The number of halogens is 3. The molecule has 0 amide bonds. The number of benzene rings is 2. The zero-order valence-corrected chi connectivity index (χ0v) is 13.5. The topological polar surface area (TPSA) is 17.1 Å². The monoisotopic (exact) mass is 380 g/mol. The molecular weight excluding hydrogens is 368 g/mol. The fourth-order valence-electron chi connectivity index (χ4n) is 1.60. The third-order valence-electron chi connectivity index (χ3n) is 2.65. The van der Waals surface area contributed by atoms with Crippen LogP contribution in [0.2, 0.25) is 0 Å². The first-order chi connectivity index (χ1) is 11.0. The molecule has 0 aliphatic rings. The number of carbonyl (C=O) groups is 1. The molecule has 0 atom stereocenters. The van der Waals surface area contributed by atoms with Crippen molar-refractivity contribution < 1.29 is 18.0 Å². The Hall–Kier alpha value is -2.28. The van der Waals surface area contributed by atoms with Crippen LogP contribution in [0.25, 0.3) is 0 Å². The summed E-state index contributed by atoms with van der Waals surface area (Å²) in [5.41, 5.74) is 0.676. The van der Waals surface area contributed by atoms with Gasteiger partial charge in [0.2, 0.25) is 0 Å². The summed E-state index contributed by atoms with van der Waals surface area (Å²) in [6.07, 6.45) is -3.81. The molecule has 0 fully saturated rings. The molecule has 2 aromatic carbocycles. The number of allylic oxidation sites excluding steroid dienone is 2. The molecular formula is C18H11F3OSe. The molecule has 0 bridgehead atoms. The van der Waals surface area contributed by atoms with Gasteiger partial charge < -0.3 is 0 Å². The second-order valence-corrected chi connectivity index (χ2v) is 6.73. The molecule has 0 aliphatic heterocycles. The van der Waals surface area contributed by atoms with Crippen LogP contribution in [0.3, 0.4) is 0 Å². The van der Waals surface area contributed by atoms with E-state index in [0.717, 1.165) is 6.08 Å². The van der Waals surface area contributed by atoms with Crippen LogP contribution in [0.1, 0.15) is 5.56 Å². The third kappa shape index (κ3) is 5.45. The molecule has 0 heterocycles. The molecule has 23 heavy (non-hydrogen) atoms. The van der Waals surface area contributed by atoms with Crippen molar-refractivity contribution in [1.82, 2.24) is 0 Å². The molecule has 0 aliphatic carbocycles. The van der Waals surface area contributed by atoms with Crippen molar-refractivity contribution >= 4 is 25.2 Å². The summed E-state index contributed by atoms with van der Waals surface area (Å²) in [4.78, 5) is 11.6. The Morgan fingerprint density at radius 3 is 2.09 bits per heavy atom. The average Bonchev–Trinajstić information content (AvgIpc) is 2.54. The van der Waals surface area contributed by atoms with Crippen LogP contribution in [0.4, 0.5) is 13.2 Å². The van der Waals surface area contributed by atoms with Crippen LogP contribution in [0, 0.1) is 11.8 Å². The van der Waals surface area contributed by atoms with Gasteiger partial charge in [0.1, 0.15) is 0 Å². The van der Waals surface area contributed by atoms with Crippen LogP contribution in [-0.4, -0.2) is 26.9 Å². The summed E-state index contributed by atoms with van der Waals surface area (Å²) in [5.74, 6) is 3.46. The maximum absolute atomic E-state index is 12.7. The van der Waals surface area contributed by atoms with E-state index < -0.39 is 26.9 Å². The first-order valence-electron chi connectivity index (χ1n) is 6.58. The summed E-state index contributed by atoms with van der Waals surface area (Å²) >= 11 is -0.751. The number of rotatable bonds is 3. The number of ketones is 1. The predicted octanol–water partition coefficient (Wildman–Crippen LogP) is 3.08. The molecule has 0 saturated carbocycles. The summed E-state index contributed by atoms with van der Waals surface area (Å²) in [7, 11) is 0. The van der Waals surface area contributed by atoms with Crippen molar-refractivity contribution in [2.24, 2.45) is 0 Å². The van der Waals surface area contributed by atoms with Crippen molar-refractivity contribution in [3.63, 3.8) is 0 Å². The van der Waals surface area contributed by atoms with Gasteiger partial charge in [0.05, 0.1) is 0 Å². The maximum atomic E-state index is 12.7. The Bertz CT molecular complexity index is 754. The Kier molecular flexibility index (Phi) is 5.81. The van der Waals surface area contributed by atoms with E-state index in [-0.39, 0.29) is 4.47 Å². The van der Waals surface area contributed by atoms with Crippen molar-refractivity contribution in [2.45, 2.75) is 6.18 Å². The van der Waals surface area contributed by atoms with E-state index in [0.29, 0.717) is 10.0 Å². The standard InChI is InChI=1S/C18H11F3OSe/c19-18(20,21)17(22)16(23-15-11-5-2-6-12-15)13-7-10-14-8-3-1-4-9-14/h1-6,8-9,11-13H/b16-13-. The molecule has 0 aromatic heterocycles. The first kappa shape index (κ1) is 17.1. The second-order valence-electron chi connectivity index (χ2n) is 4.39. The Balaban J connectivity index is 2.28. The van der Waals surface area contributed by atoms with Crippen LogP contribution in [0.15, 0.2) is 71.2 Å². The summed E-state index contributed by atoms with van der Waals surface area (Å²) in [5, 5.41) is 0. The molecule has 0 radical (unpaired) electrons. The van der Waals surface area contributed by atoms with Crippen molar-refractivity contribution in [2.75, 3.05) is 0 Å². The zero-order valence-electron chi connectivity index (χ0n) is 11.8. The molecule has 0 N–H and O–H groups in total. The number of carbonyl (C=O) groups excluding carboxylic acids is 1. The molecule has 0 spiro atoms. The number of hydrogen-bond acceptors (Lipinski definition) is 1. The van der Waals surface area contributed by atoms with Gasteiger partial charge in [0, 0.05) is 0 Å². The number of hydrogen-bond donors (Lipinski definition) is 0. The van der Waals surface area contributed by atoms with Gasteiger partial charge in [-0.25, -0.2) is 0 Å². The molecule has 0 saturated heterocycles. The van der Waals surface area contributed by atoms with Crippen molar-refractivity contribution in [3.05, 3.63) is 76.8 Å². The Morgan fingerprint density at radius 1 is 0.957 bits per heavy atom. The van der Waals surface area contributed by atoms with Crippen LogP contribution in [-0.2, 0) is 4.79 Å². The minimum absolute atomic E-state index is 0.306. The summed E-state index contributed by atoms with van der Waals surface area (Å²) in [6, 6.07) is 17.5. The van der Waals surface area contributed by atoms with Gasteiger partial charge in [-0.15, -0.1) is 0 Å². The average molecular weight is 379 g/mol. The van der Waals surface area contributed by atoms with Crippen LogP contribution in [0.5, 0.6) is 0 Å². The molecule has 2 aromatic rings. The summed E-state index contributed by atoms with van der Waals surface area (Å²) < 4.78 is 38.6. The third-order valence-corrected chi connectivity index (χ3v) is 4.81. The van der Waals surface area contributed by atoms with Crippen molar-refractivity contribution in [3.8, 4) is 11.8 Å². The Labute approximate surface area is 138 Å². The minimum atomic E-state index is -4.89. The molecule has 116 valence electrons. The van der Waals surface area contributed by atoms with E-state index in [2.05, 4.69) is 11.8 Å². The quantitative estimate of drug-likeness (QED) is 0.455. The molecule has 1 nitrogen and oxygen atoms in total. The zero-order chi connectivity index (χ0) is 16.7. The van der Waals surface area contributed by atoms with Crippen LogP contribution >= 0.6 is 0 Å². The fourth-order valence-corrected chi connectivity index (χ4v) is 3.44. The van der Waals surface area contributed by atoms with Gasteiger partial charge in [0.25, 0.3) is 0 Å². The van der Waals surface area contributed by atoms with E-state index in [1.54, 1.807) is 54.6 Å². The Morgan fingerprint density at radius 2 is 1.52 bits per heavy atom. The van der Waals surface area contributed by atoms with Gasteiger partial charge >= 0.3 is 138 Å². The molecule has 2 rings (SSSR count). The molecule has 5 heteroatoms. The van der Waals surface area contributed by atoms with Gasteiger partial charge in [-0.3, -0.25) is 0 Å². The van der Waals surface area contributed by atoms with E-state index in [1.165, 1.54) is 0 Å². The van der Waals surface area contributed by atoms with Gasteiger partial charge in [-0.05, 0) is 0 Å².